The summed E-state index contributed by atoms with van der Waals surface area (Å²) in [5.41, 5.74) is 1.69. The molecule has 0 spiro atoms. The van der Waals surface area contributed by atoms with E-state index in [1.54, 1.807) is 34.9 Å². The van der Waals surface area contributed by atoms with E-state index >= 15 is 0 Å². The third-order valence-electron chi connectivity index (χ3n) is 6.14. The molecule has 0 aromatic heterocycles. The summed E-state index contributed by atoms with van der Waals surface area (Å²) < 4.78 is 28.1. The fourth-order valence-electron chi connectivity index (χ4n) is 4.31. The van der Waals surface area contributed by atoms with Gasteiger partial charge in [-0.15, -0.1) is 11.8 Å². The molecule has 33 heavy (non-hydrogen) atoms. The largest absolute Gasteiger partial charge is 0.352 e. The minimum Gasteiger partial charge on any atom is -0.352 e. The lowest BCUT2D eigenvalue weighted by atomic mass is 9.97. The molecule has 0 saturated carbocycles. The van der Waals surface area contributed by atoms with Crippen molar-refractivity contribution in [2.24, 2.45) is 5.92 Å². The van der Waals surface area contributed by atoms with Crippen LogP contribution in [0.2, 0.25) is 0 Å². The van der Waals surface area contributed by atoms with Gasteiger partial charge < -0.3 is 10.2 Å². The molecule has 9 heteroatoms. The molecule has 2 aliphatic rings. The zero-order valence-electron chi connectivity index (χ0n) is 18.9. The number of benzene rings is 2. The van der Waals surface area contributed by atoms with E-state index in [-0.39, 0.29) is 27.9 Å². The van der Waals surface area contributed by atoms with Crippen molar-refractivity contribution in [1.82, 2.24) is 9.62 Å². The quantitative estimate of drug-likeness (QED) is 0.700. The van der Waals surface area contributed by atoms with E-state index in [2.05, 4.69) is 5.32 Å². The standard InChI is InChI=1S/C24H29N3O4S2/c1-17-16-27(18(2)28)22-14-21(8-9-23(22)32-17)33(30,31)26-12-10-20(11-13-26)24(29)25-15-19-6-4-3-5-7-19/h3-9,14,17,20H,10-13,15-16H2,1-2H3,(H,25,29). The van der Waals surface area contributed by atoms with Gasteiger partial charge >= 0.3 is 0 Å². The Morgan fingerprint density at radius 2 is 1.79 bits per heavy atom. The van der Waals surface area contributed by atoms with Gasteiger partial charge in [0.2, 0.25) is 21.8 Å². The van der Waals surface area contributed by atoms with Crippen LogP contribution in [0.4, 0.5) is 5.69 Å². The van der Waals surface area contributed by atoms with Gasteiger partial charge in [-0.1, -0.05) is 37.3 Å². The Morgan fingerprint density at radius 1 is 1.09 bits per heavy atom. The molecular weight excluding hydrogens is 458 g/mol. The van der Waals surface area contributed by atoms with Crippen molar-refractivity contribution in [3.05, 3.63) is 54.1 Å². The molecule has 0 aliphatic carbocycles. The number of anilines is 1. The maximum absolute atomic E-state index is 13.3. The Hall–Kier alpha value is -2.36. The minimum absolute atomic E-state index is 0.0343. The lowest BCUT2D eigenvalue weighted by Crippen LogP contribution is -2.43. The number of hydrogen-bond donors (Lipinski definition) is 1. The molecule has 0 bridgehead atoms. The first-order chi connectivity index (χ1) is 15.8. The summed E-state index contributed by atoms with van der Waals surface area (Å²) in [6.45, 7) is 5.17. The summed E-state index contributed by atoms with van der Waals surface area (Å²) in [6.07, 6.45) is 0.968. The third kappa shape index (κ3) is 5.26. The number of hydrogen-bond acceptors (Lipinski definition) is 5. The molecule has 4 rings (SSSR count). The highest BCUT2D eigenvalue weighted by atomic mass is 32.2. The maximum Gasteiger partial charge on any atom is 0.243 e. The Kier molecular flexibility index (Phi) is 7.11. The smallest absolute Gasteiger partial charge is 0.243 e. The summed E-state index contributed by atoms with van der Waals surface area (Å²) in [6, 6.07) is 14.7. The van der Waals surface area contributed by atoms with E-state index < -0.39 is 10.0 Å². The van der Waals surface area contributed by atoms with Gasteiger partial charge in [-0.2, -0.15) is 4.31 Å². The van der Waals surface area contributed by atoms with Crippen molar-refractivity contribution in [1.29, 1.82) is 0 Å². The molecule has 2 aromatic carbocycles. The zero-order valence-corrected chi connectivity index (χ0v) is 20.5. The monoisotopic (exact) mass is 487 g/mol. The Bertz CT molecular complexity index is 1130. The highest BCUT2D eigenvalue weighted by molar-refractivity contribution is 8.00. The number of rotatable bonds is 5. The summed E-state index contributed by atoms with van der Waals surface area (Å²) in [4.78, 5) is 27.5. The van der Waals surface area contributed by atoms with Gasteiger partial charge in [0.1, 0.15) is 0 Å². The van der Waals surface area contributed by atoms with Crippen LogP contribution >= 0.6 is 11.8 Å². The summed E-state index contributed by atoms with van der Waals surface area (Å²) in [5, 5.41) is 3.21. The van der Waals surface area contributed by atoms with Gasteiger partial charge in [0.15, 0.2) is 0 Å². The van der Waals surface area contributed by atoms with Gasteiger partial charge in [0.05, 0.1) is 10.6 Å². The first-order valence-corrected chi connectivity index (χ1v) is 13.5. The van der Waals surface area contributed by atoms with E-state index in [0.717, 1.165) is 10.5 Å². The van der Waals surface area contributed by atoms with Crippen LogP contribution in [-0.2, 0) is 26.2 Å². The van der Waals surface area contributed by atoms with E-state index in [0.29, 0.717) is 44.7 Å². The first kappa shape index (κ1) is 23.8. The zero-order chi connectivity index (χ0) is 23.6. The number of amides is 2. The second-order valence-corrected chi connectivity index (χ2v) is 12.0. The SMILES string of the molecule is CC(=O)N1CC(C)Sc2ccc(S(=O)(=O)N3CCC(C(=O)NCc4ccccc4)CC3)cc21. The normalized spacial score (nSPS) is 19.7. The lowest BCUT2D eigenvalue weighted by Gasteiger charge is -2.33. The van der Waals surface area contributed by atoms with Crippen LogP contribution in [-0.4, -0.2) is 49.4 Å². The fourth-order valence-corrected chi connectivity index (χ4v) is 6.90. The molecule has 2 heterocycles. The van der Waals surface area contributed by atoms with Crippen molar-refractivity contribution in [3.8, 4) is 0 Å². The number of carbonyl (C=O) groups excluding carboxylic acids is 2. The molecule has 1 atom stereocenters. The number of fused-ring (bicyclic) bond motifs is 1. The predicted octanol–water partition coefficient (Wildman–Crippen LogP) is 3.25. The molecule has 2 aromatic rings. The van der Waals surface area contributed by atoms with Crippen molar-refractivity contribution in [2.45, 2.75) is 48.3 Å². The number of nitrogens with one attached hydrogen (secondary N) is 1. The van der Waals surface area contributed by atoms with Gasteiger partial charge in [-0.25, -0.2) is 8.42 Å². The maximum atomic E-state index is 13.3. The van der Waals surface area contributed by atoms with Gasteiger partial charge in [0.25, 0.3) is 0 Å². The van der Waals surface area contributed by atoms with Crippen molar-refractivity contribution in [2.75, 3.05) is 24.5 Å². The Labute approximate surface area is 199 Å². The molecular formula is C24H29N3O4S2. The highest BCUT2D eigenvalue weighted by Crippen LogP contribution is 2.40. The second-order valence-electron chi connectivity index (χ2n) is 8.57. The Morgan fingerprint density at radius 3 is 2.45 bits per heavy atom. The molecule has 176 valence electrons. The number of piperidine rings is 1. The van der Waals surface area contributed by atoms with Crippen LogP contribution < -0.4 is 10.2 Å². The average molecular weight is 488 g/mol. The van der Waals surface area contributed by atoms with Crippen LogP contribution in [0.15, 0.2) is 58.3 Å². The van der Waals surface area contributed by atoms with Gasteiger partial charge in [-0.3, -0.25) is 9.59 Å². The summed E-state index contributed by atoms with van der Waals surface area (Å²) >= 11 is 1.65. The Balaban J connectivity index is 1.41. The van der Waals surface area contributed by atoms with Crippen LogP contribution in [0, 0.1) is 5.92 Å². The molecule has 1 saturated heterocycles. The number of nitrogens with zero attached hydrogens (tertiary/aromatic N) is 2. The third-order valence-corrected chi connectivity index (χ3v) is 9.19. The first-order valence-electron chi connectivity index (χ1n) is 11.2. The van der Waals surface area contributed by atoms with Crippen LogP contribution in [0.25, 0.3) is 0 Å². The second kappa shape index (κ2) is 9.87. The average Bonchev–Trinajstić information content (AvgIpc) is 2.82. The highest BCUT2D eigenvalue weighted by Gasteiger charge is 2.33. The summed E-state index contributed by atoms with van der Waals surface area (Å²) in [7, 11) is -3.71. The molecule has 1 fully saturated rings. The van der Waals surface area contributed by atoms with E-state index in [9.17, 15) is 18.0 Å². The molecule has 2 amide bonds. The molecule has 7 nitrogen and oxygen atoms in total. The van der Waals surface area contributed by atoms with Gasteiger partial charge in [-0.05, 0) is 36.6 Å². The predicted molar refractivity (Wildman–Crippen MR) is 130 cm³/mol. The van der Waals surface area contributed by atoms with E-state index in [4.69, 9.17) is 0 Å². The topological polar surface area (TPSA) is 86.8 Å². The number of thioether (sulfide) groups is 1. The van der Waals surface area contributed by atoms with Crippen LogP contribution in [0.5, 0.6) is 0 Å². The van der Waals surface area contributed by atoms with E-state index in [1.165, 1.54) is 11.2 Å². The van der Waals surface area contributed by atoms with Crippen molar-refractivity contribution >= 4 is 39.3 Å². The van der Waals surface area contributed by atoms with Crippen LogP contribution in [0.1, 0.15) is 32.3 Å². The number of carbonyl (C=O) groups is 2. The molecule has 0 radical (unpaired) electrons. The lowest BCUT2D eigenvalue weighted by molar-refractivity contribution is -0.126. The van der Waals surface area contributed by atoms with Gasteiger partial charge in [0, 0.05) is 49.2 Å². The van der Waals surface area contributed by atoms with E-state index in [1.807, 2.05) is 37.3 Å². The van der Waals surface area contributed by atoms with Crippen LogP contribution in [0.3, 0.4) is 0 Å². The minimum atomic E-state index is -3.71. The molecule has 2 aliphatic heterocycles. The van der Waals surface area contributed by atoms with Crippen molar-refractivity contribution < 1.29 is 18.0 Å². The molecule has 1 unspecified atom stereocenters. The summed E-state index contributed by atoms with van der Waals surface area (Å²) in [5.74, 6) is -0.331. The van der Waals surface area contributed by atoms with Crippen molar-refractivity contribution in [3.63, 3.8) is 0 Å². The fraction of sp³-hybridized carbons (Fsp3) is 0.417. The number of sulfonamides is 1. The molecule has 1 N–H and O–H groups in total.